The van der Waals surface area contributed by atoms with Crippen molar-refractivity contribution in [3.05, 3.63) is 52.8 Å². The minimum atomic E-state index is -4.76. The largest absolute Gasteiger partial charge is 0.465 e. The first-order chi connectivity index (χ1) is 12.0. The molecule has 0 fully saturated rings. The number of anilines is 1. The zero-order chi connectivity index (χ0) is 19.7. The molecule has 0 spiro atoms. The molecule has 0 aliphatic carbocycles. The summed E-state index contributed by atoms with van der Waals surface area (Å²) in [5.41, 5.74) is -1.15. The van der Waals surface area contributed by atoms with Crippen LogP contribution in [0.5, 0.6) is 0 Å². The van der Waals surface area contributed by atoms with Gasteiger partial charge in [-0.15, -0.1) is 0 Å². The van der Waals surface area contributed by atoms with Gasteiger partial charge < -0.3 is 4.74 Å². The number of aromatic nitrogens is 1. The van der Waals surface area contributed by atoms with Crippen molar-refractivity contribution >= 4 is 21.7 Å². The first-order valence-corrected chi connectivity index (χ1v) is 8.69. The van der Waals surface area contributed by atoms with Gasteiger partial charge in [0.2, 0.25) is 0 Å². The maximum atomic E-state index is 13.1. The Morgan fingerprint density at radius 3 is 2.46 bits per heavy atom. The predicted octanol–water partition coefficient (Wildman–Crippen LogP) is 3.30. The second kappa shape index (κ2) is 6.94. The first-order valence-electron chi connectivity index (χ1n) is 7.21. The number of methoxy groups -OCH3 is 1. The number of esters is 1. The van der Waals surface area contributed by atoms with Gasteiger partial charge >= 0.3 is 12.1 Å². The van der Waals surface area contributed by atoms with Crippen molar-refractivity contribution < 1.29 is 31.1 Å². The van der Waals surface area contributed by atoms with Crippen LogP contribution in [-0.2, 0) is 20.9 Å². The standard InChI is InChI=1S/C16H15F3N2O4S/c1-9-6-11(15(22)25-3)7-14(10(9)2)26(23,24)21-13-8-20-5-4-12(13)16(17,18)19/h4-8,21H,1-3H3. The zero-order valence-corrected chi connectivity index (χ0v) is 14.8. The Morgan fingerprint density at radius 1 is 1.23 bits per heavy atom. The molecule has 140 valence electrons. The summed E-state index contributed by atoms with van der Waals surface area (Å²) in [5.74, 6) is -0.762. The van der Waals surface area contributed by atoms with Crippen LogP contribution in [0.15, 0.2) is 35.5 Å². The number of hydrogen-bond donors (Lipinski definition) is 1. The van der Waals surface area contributed by atoms with Gasteiger partial charge in [0.25, 0.3) is 10.0 Å². The number of rotatable bonds is 4. The first kappa shape index (κ1) is 19.7. The van der Waals surface area contributed by atoms with E-state index in [1.165, 1.54) is 13.0 Å². The van der Waals surface area contributed by atoms with E-state index in [0.29, 0.717) is 17.2 Å². The molecular formula is C16H15F3N2O4S. The number of nitrogens with one attached hydrogen (secondary N) is 1. The highest BCUT2D eigenvalue weighted by atomic mass is 32.2. The molecule has 0 atom stereocenters. The van der Waals surface area contributed by atoms with Crippen molar-refractivity contribution in [3.8, 4) is 0 Å². The lowest BCUT2D eigenvalue weighted by atomic mass is 10.1. The Morgan fingerprint density at radius 2 is 1.88 bits per heavy atom. The minimum absolute atomic E-state index is 0.0294. The Hall–Kier alpha value is -2.62. The van der Waals surface area contributed by atoms with Gasteiger partial charge in [-0.3, -0.25) is 9.71 Å². The average molecular weight is 388 g/mol. The highest BCUT2D eigenvalue weighted by Gasteiger charge is 2.35. The van der Waals surface area contributed by atoms with Crippen molar-refractivity contribution in [2.75, 3.05) is 11.8 Å². The second-order valence-electron chi connectivity index (χ2n) is 5.43. The van der Waals surface area contributed by atoms with E-state index in [0.717, 1.165) is 25.6 Å². The molecule has 0 aliphatic rings. The Bertz CT molecular complexity index is 956. The number of carbonyl (C=O) groups excluding carboxylic acids is 1. The van der Waals surface area contributed by atoms with Crippen LogP contribution in [0.2, 0.25) is 0 Å². The molecule has 2 aromatic rings. The second-order valence-corrected chi connectivity index (χ2v) is 7.08. The molecule has 0 bridgehead atoms. The van der Waals surface area contributed by atoms with E-state index in [1.807, 2.05) is 4.72 Å². The fourth-order valence-corrected chi connectivity index (χ4v) is 3.67. The maximum absolute atomic E-state index is 13.1. The number of alkyl halides is 3. The van der Waals surface area contributed by atoms with E-state index in [4.69, 9.17) is 0 Å². The van der Waals surface area contributed by atoms with E-state index in [1.54, 1.807) is 6.92 Å². The van der Waals surface area contributed by atoms with Crippen LogP contribution in [-0.4, -0.2) is 26.5 Å². The van der Waals surface area contributed by atoms with Crippen LogP contribution in [0.3, 0.4) is 0 Å². The summed E-state index contributed by atoms with van der Waals surface area (Å²) in [6, 6.07) is 3.16. The summed E-state index contributed by atoms with van der Waals surface area (Å²) < 4.78 is 71.0. The van der Waals surface area contributed by atoms with E-state index in [2.05, 4.69) is 9.72 Å². The molecule has 0 amide bonds. The lowest BCUT2D eigenvalue weighted by Gasteiger charge is -2.16. The lowest BCUT2D eigenvalue weighted by molar-refractivity contribution is -0.136. The van der Waals surface area contributed by atoms with E-state index in [-0.39, 0.29) is 10.5 Å². The topological polar surface area (TPSA) is 85.4 Å². The molecular weight excluding hydrogens is 373 g/mol. The van der Waals surface area contributed by atoms with Gasteiger partial charge in [0.15, 0.2) is 0 Å². The molecule has 0 saturated heterocycles. The minimum Gasteiger partial charge on any atom is -0.465 e. The third-order valence-electron chi connectivity index (χ3n) is 3.70. The monoisotopic (exact) mass is 388 g/mol. The van der Waals surface area contributed by atoms with Gasteiger partial charge in [0, 0.05) is 6.20 Å². The van der Waals surface area contributed by atoms with E-state index >= 15 is 0 Å². The maximum Gasteiger partial charge on any atom is 0.418 e. The SMILES string of the molecule is COC(=O)c1cc(C)c(C)c(S(=O)(=O)Nc2cnccc2C(F)(F)F)c1. The predicted molar refractivity (Wildman–Crippen MR) is 87.3 cm³/mol. The molecule has 0 unspecified atom stereocenters. The summed E-state index contributed by atoms with van der Waals surface area (Å²) in [7, 11) is -3.28. The number of hydrogen-bond acceptors (Lipinski definition) is 5. The number of carbonyl (C=O) groups is 1. The number of ether oxygens (including phenoxy) is 1. The molecule has 1 aromatic carbocycles. The fraction of sp³-hybridized carbons (Fsp3) is 0.250. The van der Waals surface area contributed by atoms with Crippen molar-refractivity contribution in [3.63, 3.8) is 0 Å². The number of aryl methyl sites for hydroxylation is 1. The van der Waals surface area contributed by atoms with Crippen molar-refractivity contribution in [1.29, 1.82) is 0 Å². The van der Waals surface area contributed by atoms with Gasteiger partial charge in [0.1, 0.15) is 0 Å². The van der Waals surface area contributed by atoms with E-state index < -0.39 is 33.4 Å². The number of sulfonamides is 1. The Labute approximate surface area is 148 Å². The highest BCUT2D eigenvalue weighted by molar-refractivity contribution is 7.92. The molecule has 1 aromatic heterocycles. The number of pyridine rings is 1. The van der Waals surface area contributed by atoms with E-state index in [9.17, 15) is 26.4 Å². The van der Waals surface area contributed by atoms with Crippen LogP contribution < -0.4 is 4.72 Å². The van der Waals surface area contributed by atoms with Crippen LogP contribution in [0.4, 0.5) is 18.9 Å². The van der Waals surface area contributed by atoms with Gasteiger partial charge in [-0.05, 0) is 43.2 Å². The van der Waals surface area contributed by atoms with Gasteiger partial charge in [-0.25, -0.2) is 13.2 Å². The summed E-state index contributed by atoms with van der Waals surface area (Å²) >= 11 is 0. The van der Waals surface area contributed by atoms with Crippen molar-refractivity contribution in [2.24, 2.45) is 0 Å². The van der Waals surface area contributed by atoms with Crippen molar-refractivity contribution in [1.82, 2.24) is 4.98 Å². The smallest absolute Gasteiger partial charge is 0.418 e. The summed E-state index contributed by atoms with van der Waals surface area (Å²) in [6.07, 6.45) is -3.08. The molecule has 0 radical (unpaired) electrons. The number of nitrogens with zero attached hydrogens (tertiary/aromatic N) is 1. The molecule has 6 nitrogen and oxygen atoms in total. The summed E-state index contributed by atoms with van der Waals surface area (Å²) in [4.78, 5) is 14.9. The van der Waals surface area contributed by atoms with Crippen LogP contribution in [0.25, 0.3) is 0 Å². The third-order valence-corrected chi connectivity index (χ3v) is 5.19. The Balaban J connectivity index is 2.57. The Kier molecular flexibility index (Phi) is 5.26. The molecule has 0 aliphatic heterocycles. The zero-order valence-electron chi connectivity index (χ0n) is 14.0. The molecule has 2 rings (SSSR count). The normalized spacial score (nSPS) is 11.9. The van der Waals surface area contributed by atoms with Crippen LogP contribution in [0, 0.1) is 13.8 Å². The molecule has 26 heavy (non-hydrogen) atoms. The van der Waals surface area contributed by atoms with Gasteiger partial charge in [-0.2, -0.15) is 13.2 Å². The summed E-state index contributed by atoms with van der Waals surface area (Å²) in [5, 5.41) is 0. The summed E-state index contributed by atoms with van der Waals surface area (Å²) in [6.45, 7) is 3.06. The molecule has 0 saturated carbocycles. The van der Waals surface area contributed by atoms with Gasteiger partial charge in [-0.1, -0.05) is 0 Å². The quantitative estimate of drug-likeness (QED) is 0.813. The average Bonchev–Trinajstić information content (AvgIpc) is 2.55. The third kappa shape index (κ3) is 3.96. The molecule has 10 heteroatoms. The van der Waals surface area contributed by atoms with Crippen LogP contribution in [0.1, 0.15) is 27.0 Å². The number of benzene rings is 1. The fourth-order valence-electron chi connectivity index (χ4n) is 2.26. The van der Waals surface area contributed by atoms with Crippen LogP contribution >= 0.6 is 0 Å². The molecule has 1 heterocycles. The lowest BCUT2D eigenvalue weighted by Crippen LogP contribution is -2.19. The number of halogens is 3. The highest BCUT2D eigenvalue weighted by Crippen LogP contribution is 2.35. The van der Waals surface area contributed by atoms with Crippen molar-refractivity contribution in [2.45, 2.75) is 24.9 Å². The molecule has 1 N–H and O–H groups in total. The van der Waals surface area contributed by atoms with Gasteiger partial charge in [0.05, 0.1) is 35.0 Å².